The second-order valence-corrected chi connectivity index (χ2v) is 7.98. The van der Waals surface area contributed by atoms with Gasteiger partial charge in [-0.3, -0.25) is 4.79 Å². The van der Waals surface area contributed by atoms with E-state index in [0.717, 1.165) is 31.6 Å². The van der Waals surface area contributed by atoms with Gasteiger partial charge in [-0.1, -0.05) is 32.1 Å². The molecule has 3 amide bonds. The van der Waals surface area contributed by atoms with Gasteiger partial charge < -0.3 is 20.9 Å². The zero-order chi connectivity index (χ0) is 19.6. The Morgan fingerprint density at radius 3 is 2.21 bits per heavy atom. The number of nitrogens with zero attached hydrogens (tertiary/aromatic N) is 1. The first-order valence-corrected chi connectivity index (χ1v) is 10.9. The predicted molar refractivity (Wildman–Crippen MR) is 114 cm³/mol. The van der Waals surface area contributed by atoms with Crippen LogP contribution in [0.3, 0.4) is 0 Å². The summed E-state index contributed by atoms with van der Waals surface area (Å²) in [5.41, 5.74) is 2.02. The Bertz CT molecular complexity index is 618. The van der Waals surface area contributed by atoms with Gasteiger partial charge in [0.1, 0.15) is 0 Å². The molecule has 3 N–H and O–H groups in total. The normalized spacial score (nSPS) is 18.2. The largest absolute Gasteiger partial charge is 0.372 e. The van der Waals surface area contributed by atoms with Crippen LogP contribution in [-0.2, 0) is 4.79 Å². The van der Waals surface area contributed by atoms with Gasteiger partial charge in [-0.05, 0) is 49.9 Å². The lowest BCUT2D eigenvalue weighted by atomic mass is 9.96. The minimum atomic E-state index is -0.165. The maximum Gasteiger partial charge on any atom is 0.315 e. The Morgan fingerprint density at radius 2 is 1.54 bits per heavy atom. The molecule has 0 aromatic heterocycles. The van der Waals surface area contributed by atoms with E-state index >= 15 is 0 Å². The minimum absolute atomic E-state index is 0.0829. The SMILES string of the molecule is O=C(CCNC(=O)NC1CCCCC1)Nc1ccc(N2CCCCCC2)cc1. The van der Waals surface area contributed by atoms with Crippen molar-refractivity contribution in [3.05, 3.63) is 24.3 Å². The monoisotopic (exact) mass is 386 g/mol. The van der Waals surface area contributed by atoms with Crippen molar-refractivity contribution in [1.82, 2.24) is 10.6 Å². The van der Waals surface area contributed by atoms with Crippen molar-refractivity contribution in [2.75, 3.05) is 29.9 Å². The number of nitrogens with one attached hydrogen (secondary N) is 3. The molecule has 1 saturated carbocycles. The summed E-state index contributed by atoms with van der Waals surface area (Å²) in [6.07, 6.45) is 11.1. The van der Waals surface area contributed by atoms with E-state index in [0.29, 0.717) is 6.54 Å². The van der Waals surface area contributed by atoms with Crippen LogP contribution in [0.15, 0.2) is 24.3 Å². The molecule has 6 heteroatoms. The van der Waals surface area contributed by atoms with Crippen molar-refractivity contribution in [2.45, 2.75) is 70.3 Å². The second kappa shape index (κ2) is 10.9. The molecular formula is C22H34N4O2. The Balaban J connectivity index is 1.35. The number of benzene rings is 1. The number of amides is 3. The average Bonchev–Trinajstić information content (AvgIpc) is 2.99. The average molecular weight is 387 g/mol. The quantitative estimate of drug-likeness (QED) is 0.691. The number of hydrogen-bond acceptors (Lipinski definition) is 3. The van der Waals surface area contributed by atoms with Crippen LogP contribution in [-0.4, -0.2) is 37.6 Å². The maximum absolute atomic E-state index is 12.1. The zero-order valence-electron chi connectivity index (χ0n) is 16.8. The van der Waals surface area contributed by atoms with Crippen molar-refractivity contribution < 1.29 is 9.59 Å². The van der Waals surface area contributed by atoms with Crippen molar-refractivity contribution in [3.63, 3.8) is 0 Å². The van der Waals surface area contributed by atoms with Crippen LogP contribution in [0.1, 0.15) is 64.2 Å². The van der Waals surface area contributed by atoms with Crippen molar-refractivity contribution in [2.24, 2.45) is 0 Å². The fraction of sp³-hybridized carbons (Fsp3) is 0.636. The Morgan fingerprint density at radius 1 is 0.893 bits per heavy atom. The number of carbonyl (C=O) groups is 2. The predicted octanol–water partition coefficient (Wildman–Crippen LogP) is 4.03. The van der Waals surface area contributed by atoms with Gasteiger partial charge >= 0.3 is 6.03 Å². The Labute approximate surface area is 168 Å². The molecule has 2 fully saturated rings. The Kier molecular flexibility index (Phi) is 8.00. The highest BCUT2D eigenvalue weighted by Crippen LogP contribution is 2.21. The molecule has 1 aromatic carbocycles. The lowest BCUT2D eigenvalue weighted by Gasteiger charge is -2.23. The molecule has 1 aromatic rings. The summed E-state index contributed by atoms with van der Waals surface area (Å²) in [7, 11) is 0. The van der Waals surface area contributed by atoms with E-state index in [9.17, 15) is 9.59 Å². The molecule has 3 rings (SSSR count). The number of rotatable bonds is 6. The van der Waals surface area contributed by atoms with Crippen molar-refractivity contribution in [1.29, 1.82) is 0 Å². The van der Waals surface area contributed by atoms with Gasteiger partial charge in [0.15, 0.2) is 0 Å². The van der Waals surface area contributed by atoms with Gasteiger partial charge in [-0.2, -0.15) is 0 Å². The highest BCUT2D eigenvalue weighted by molar-refractivity contribution is 5.91. The van der Waals surface area contributed by atoms with Gasteiger partial charge in [0.2, 0.25) is 5.91 Å². The van der Waals surface area contributed by atoms with Crippen LogP contribution in [0.4, 0.5) is 16.2 Å². The number of carbonyl (C=O) groups excluding carboxylic acids is 2. The van der Waals surface area contributed by atoms with Gasteiger partial charge in [-0.15, -0.1) is 0 Å². The summed E-state index contributed by atoms with van der Waals surface area (Å²) >= 11 is 0. The lowest BCUT2D eigenvalue weighted by molar-refractivity contribution is -0.116. The summed E-state index contributed by atoms with van der Waals surface area (Å²) < 4.78 is 0. The smallest absolute Gasteiger partial charge is 0.315 e. The highest BCUT2D eigenvalue weighted by Gasteiger charge is 2.15. The first-order chi connectivity index (χ1) is 13.7. The molecular weight excluding hydrogens is 352 g/mol. The lowest BCUT2D eigenvalue weighted by Crippen LogP contribution is -2.43. The first-order valence-electron chi connectivity index (χ1n) is 10.9. The third kappa shape index (κ3) is 6.73. The molecule has 1 heterocycles. The van der Waals surface area contributed by atoms with Crippen LogP contribution < -0.4 is 20.9 Å². The molecule has 0 atom stereocenters. The molecule has 0 bridgehead atoms. The molecule has 28 heavy (non-hydrogen) atoms. The van der Waals surface area contributed by atoms with Crippen LogP contribution in [0.25, 0.3) is 0 Å². The van der Waals surface area contributed by atoms with E-state index in [2.05, 4.69) is 33.0 Å². The third-order valence-electron chi connectivity index (χ3n) is 5.70. The van der Waals surface area contributed by atoms with Crippen molar-refractivity contribution >= 4 is 23.3 Å². The molecule has 0 unspecified atom stereocenters. The topological polar surface area (TPSA) is 73.5 Å². The first kappa shape index (κ1) is 20.5. The van der Waals surface area contributed by atoms with Gasteiger partial charge in [0.05, 0.1) is 0 Å². The van der Waals surface area contributed by atoms with Crippen LogP contribution in [0.2, 0.25) is 0 Å². The van der Waals surface area contributed by atoms with E-state index in [1.807, 2.05) is 12.1 Å². The van der Waals surface area contributed by atoms with Gasteiger partial charge in [0.25, 0.3) is 0 Å². The molecule has 1 aliphatic carbocycles. The van der Waals surface area contributed by atoms with Crippen LogP contribution >= 0.6 is 0 Å². The van der Waals surface area contributed by atoms with Crippen LogP contribution in [0, 0.1) is 0 Å². The molecule has 154 valence electrons. The van der Waals surface area contributed by atoms with E-state index in [-0.39, 0.29) is 24.4 Å². The summed E-state index contributed by atoms with van der Waals surface area (Å²) in [5, 5.41) is 8.70. The molecule has 1 saturated heterocycles. The van der Waals surface area contributed by atoms with Crippen LogP contribution in [0.5, 0.6) is 0 Å². The summed E-state index contributed by atoms with van der Waals surface area (Å²) in [5.74, 6) is -0.0829. The minimum Gasteiger partial charge on any atom is -0.372 e. The second-order valence-electron chi connectivity index (χ2n) is 7.98. The van der Waals surface area contributed by atoms with E-state index in [1.54, 1.807) is 0 Å². The summed E-state index contributed by atoms with van der Waals surface area (Å²) in [6.45, 7) is 2.57. The van der Waals surface area contributed by atoms with E-state index in [1.165, 1.54) is 50.6 Å². The number of urea groups is 1. The number of anilines is 2. The van der Waals surface area contributed by atoms with Gasteiger partial charge in [-0.25, -0.2) is 4.79 Å². The standard InChI is InChI=1S/C22H34N4O2/c27-21(14-15-23-22(28)25-18-8-4-3-5-9-18)24-19-10-12-20(13-11-19)26-16-6-1-2-7-17-26/h10-13,18H,1-9,14-17H2,(H,24,27)(H2,23,25,28). The fourth-order valence-corrected chi connectivity index (χ4v) is 4.08. The highest BCUT2D eigenvalue weighted by atomic mass is 16.2. The van der Waals surface area contributed by atoms with E-state index < -0.39 is 0 Å². The molecule has 0 spiro atoms. The van der Waals surface area contributed by atoms with Gasteiger partial charge in [0, 0.05) is 43.5 Å². The maximum atomic E-state index is 12.1. The molecule has 0 radical (unpaired) electrons. The van der Waals surface area contributed by atoms with Crippen molar-refractivity contribution in [3.8, 4) is 0 Å². The molecule has 1 aliphatic heterocycles. The molecule has 2 aliphatic rings. The third-order valence-corrected chi connectivity index (χ3v) is 5.70. The summed E-state index contributed by atoms with van der Waals surface area (Å²) in [4.78, 5) is 26.5. The zero-order valence-corrected chi connectivity index (χ0v) is 16.8. The Hall–Kier alpha value is -2.24. The van der Waals surface area contributed by atoms with E-state index in [4.69, 9.17) is 0 Å². The molecule has 6 nitrogen and oxygen atoms in total. The summed E-state index contributed by atoms with van der Waals surface area (Å²) in [6, 6.07) is 8.20. The fourth-order valence-electron chi connectivity index (χ4n) is 4.08. The number of hydrogen-bond donors (Lipinski definition) is 3.